The normalized spacial score (nSPS) is 19.0. The van der Waals surface area contributed by atoms with Gasteiger partial charge in [-0.25, -0.2) is 17.9 Å². The second-order valence-electron chi connectivity index (χ2n) is 8.96. The zero-order valence-electron chi connectivity index (χ0n) is 18.8. The first-order valence-electron chi connectivity index (χ1n) is 11.4. The molecule has 3 aromatic heterocycles. The van der Waals surface area contributed by atoms with Gasteiger partial charge in [0.15, 0.2) is 17.5 Å². The molecule has 10 heteroatoms. The predicted octanol–water partition coefficient (Wildman–Crippen LogP) is 4.38. The molecule has 1 amide bonds. The molecule has 2 atom stereocenters. The van der Waals surface area contributed by atoms with Crippen LogP contribution in [0.1, 0.15) is 47.1 Å². The highest BCUT2D eigenvalue weighted by molar-refractivity contribution is 5.93. The Morgan fingerprint density at radius 3 is 2.63 bits per heavy atom. The molecule has 0 spiro atoms. The van der Waals surface area contributed by atoms with E-state index in [0.29, 0.717) is 23.5 Å². The van der Waals surface area contributed by atoms with Crippen molar-refractivity contribution in [2.24, 2.45) is 7.05 Å². The number of aryl methyl sites for hydroxylation is 1. The summed E-state index contributed by atoms with van der Waals surface area (Å²) in [6, 6.07) is 6.90. The second-order valence-corrected chi connectivity index (χ2v) is 8.96. The van der Waals surface area contributed by atoms with Crippen LogP contribution in [0.25, 0.3) is 16.9 Å². The zero-order valence-corrected chi connectivity index (χ0v) is 18.8. The maximum absolute atomic E-state index is 14.0. The maximum atomic E-state index is 14.0. The van der Waals surface area contributed by atoms with Crippen LogP contribution in [-0.4, -0.2) is 41.4 Å². The van der Waals surface area contributed by atoms with E-state index in [4.69, 9.17) is 0 Å². The summed E-state index contributed by atoms with van der Waals surface area (Å²) in [4.78, 5) is 19.9. The van der Waals surface area contributed by atoms with Gasteiger partial charge in [0.05, 0.1) is 23.1 Å². The molecule has 0 N–H and O–H groups in total. The number of pyridine rings is 1. The van der Waals surface area contributed by atoms with Gasteiger partial charge >= 0.3 is 0 Å². The Morgan fingerprint density at radius 2 is 1.89 bits per heavy atom. The lowest BCUT2D eigenvalue weighted by Crippen LogP contribution is -2.50. The van der Waals surface area contributed by atoms with Gasteiger partial charge in [-0.1, -0.05) is 0 Å². The third-order valence-corrected chi connectivity index (χ3v) is 6.90. The molecule has 4 aromatic rings. The van der Waals surface area contributed by atoms with Crippen molar-refractivity contribution in [2.45, 2.75) is 37.8 Å². The highest BCUT2D eigenvalue weighted by Gasteiger charge is 2.44. The molecular formula is C25H21F3N6O. The summed E-state index contributed by atoms with van der Waals surface area (Å²) >= 11 is 0. The number of benzene rings is 1. The lowest BCUT2D eigenvalue weighted by Gasteiger charge is -2.45. The number of nitrogens with zero attached hydrogens (tertiary/aromatic N) is 6. The van der Waals surface area contributed by atoms with Gasteiger partial charge in [-0.15, -0.1) is 0 Å². The minimum absolute atomic E-state index is 0.109. The summed E-state index contributed by atoms with van der Waals surface area (Å²) in [6.45, 7) is 0. The fourth-order valence-corrected chi connectivity index (χ4v) is 5.43. The SMILES string of the molecule is Cn1nc2c(c1-c1cc(F)c(F)c(F)c1)C[C@H]1CCC[C@@H]2N1C(=O)c1cc(-n2cccn2)ccn1. The Labute approximate surface area is 198 Å². The van der Waals surface area contributed by atoms with Crippen molar-refractivity contribution in [3.8, 4) is 16.9 Å². The van der Waals surface area contributed by atoms with E-state index in [1.165, 1.54) is 0 Å². The molecule has 0 unspecified atom stereocenters. The molecule has 0 aliphatic carbocycles. The fraction of sp³-hybridized carbons (Fsp3) is 0.280. The molecule has 5 heterocycles. The quantitative estimate of drug-likeness (QED) is 0.410. The molecule has 0 radical (unpaired) electrons. The standard InChI is InChI=1S/C25H21F3N6O/c1-32-24(14-10-18(26)22(28)19(27)11-14)17-12-16-4-2-5-21(23(17)31-32)34(16)25(35)20-13-15(6-8-29-20)33-9-3-7-30-33/h3,6-11,13,16,21H,2,4-5,12H2,1H3/t16-,21+/m1/s1. The van der Waals surface area contributed by atoms with E-state index < -0.39 is 17.5 Å². The van der Waals surface area contributed by atoms with Crippen LogP contribution in [-0.2, 0) is 13.5 Å². The predicted molar refractivity (Wildman–Crippen MR) is 120 cm³/mol. The van der Waals surface area contributed by atoms with Crippen LogP contribution in [0.15, 0.2) is 48.9 Å². The Balaban J connectivity index is 1.40. The Morgan fingerprint density at radius 1 is 1.09 bits per heavy atom. The third-order valence-electron chi connectivity index (χ3n) is 6.90. The second kappa shape index (κ2) is 8.07. The summed E-state index contributed by atoms with van der Waals surface area (Å²) in [5.41, 5.74) is 3.37. The number of fused-ring (bicyclic) bond motifs is 4. The van der Waals surface area contributed by atoms with E-state index >= 15 is 0 Å². The van der Waals surface area contributed by atoms with Crippen LogP contribution >= 0.6 is 0 Å². The number of aromatic nitrogens is 5. The first kappa shape index (κ1) is 21.6. The molecule has 178 valence electrons. The molecule has 0 saturated carbocycles. The number of carbonyl (C=O) groups is 1. The summed E-state index contributed by atoms with van der Waals surface area (Å²) in [5.74, 6) is -4.18. The van der Waals surface area contributed by atoms with Gasteiger partial charge in [0.25, 0.3) is 5.91 Å². The van der Waals surface area contributed by atoms with Crippen molar-refractivity contribution in [3.05, 3.63) is 83.3 Å². The zero-order chi connectivity index (χ0) is 24.3. The summed E-state index contributed by atoms with van der Waals surface area (Å²) < 4.78 is 44.8. The first-order valence-corrected chi connectivity index (χ1v) is 11.4. The van der Waals surface area contributed by atoms with Crippen LogP contribution < -0.4 is 0 Å². The van der Waals surface area contributed by atoms with E-state index in [1.54, 1.807) is 53.2 Å². The lowest BCUT2D eigenvalue weighted by atomic mass is 9.81. The average molecular weight is 478 g/mol. The number of hydrogen-bond donors (Lipinski definition) is 0. The van der Waals surface area contributed by atoms with Gasteiger partial charge in [-0.05, 0) is 56.0 Å². The summed E-state index contributed by atoms with van der Waals surface area (Å²) in [5, 5.41) is 8.88. The molecule has 2 aliphatic heterocycles. The largest absolute Gasteiger partial charge is 0.325 e. The highest BCUT2D eigenvalue weighted by atomic mass is 19.2. The molecule has 35 heavy (non-hydrogen) atoms. The van der Waals surface area contributed by atoms with E-state index in [2.05, 4.69) is 15.2 Å². The van der Waals surface area contributed by atoms with Crippen molar-refractivity contribution in [1.29, 1.82) is 0 Å². The summed E-state index contributed by atoms with van der Waals surface area (Å²) in [6.07, 6.45) is 7.98. The first-order chi connectivity index (χ1) is 16.9. The van der Waals surface area contributed by atoms with Gasteiger partial charge in [0, 0.05) is 42.8 Å². The van der Waals surface area contributed by atoms with E-state index in [9.17, 15) is 18.0 Å². The van der Waals surface area contributed by atoms with Crippen LogP contribution in [0.2, 0.25) is 0 Å². The molecule has 1 saturated heterocycles. The minimum atomic E-state index is -1.50. The van der Waals surface area contributed by atoms with Crippen molar-refractivity contribution in [3.63, 3.8) is 0 Å². The molecular weight excluding hydrogens is 457 g/mol. The number of carbonyl (C=O) groups excluding carboxylic acids is 1. The molecule has 6 rings (SSSR count). The topological polar surface area (TPSA) is 68.8 Å². The Bertz CT molecular complexity index is 1420. The smallest absolute Gasteiger partial charge is 0.273 e. The van der Waals surface area contributed by atoms with E-state index in [1.807, 2.05) is 4.90 Å². The van der Waals surface area contributed by atoms with Gasteiger partial charge in [0.2, 0.25) is 0 Å². The van der Waals surface area contributed by atoms with Crippen molar-refractivity contribution in [1.82, 2.24) is 29.4 Å². The van der Waals surface area contributed by atoms with Crippen LogP contribution in [0, 0.1) is 17.5 Å². The van der Waals surface area contributed by atoms with Gasteiger partial charge < -0.3 is 4.90 Å². The minimum Gasteiger partial charge on any atom is -0.325 e. The number of amides is 1. The third kappa shape index (κ3) is 3.43. The molecule has 2 aliphatic rings. The van der Waals surface area contributed by atoms with Gasteiger partial charge in [-0.3, -0.25) is 14.5 Å². The van der Waals surface area contributed by atoms with Crippen molar-refractivity contribution in [2.75, 3.05) is 0 Å². The van der Waals surface area contributed by atoms with Gasteiger partial charge in [-0.2, -0.15) is 10.2 Å². The lowest BCUT2D eigenvalue weighted by molar-refractivity contribution is 0.0386. The highest BCUT2D eigenvalue weighted by Crippen LogP contribution is 2.45. The van der Waals surface area contributed by atoms with Crippen LogP contribution in [0.5, 0.6) is 0 Å². The number of piperidine rings is 1. The molecule has 1 aromatic carbocycles. The number of rotatable bonds is 3. The van der Waals surface area contributed by atoms with E-state index in [0.717, 1.165) is 42.6 Å². The average Bonchev–Trinajstić information content (AvgIpc) is 3.50. The van der Waals surface area contributed by atoms with Crippen molar-refractivity contribution >= 4 is 5.91 Å². The molecule has 7 nitrogen and oxygen atoms in total. The van der Waals surface area contributed by atoms with Crippen molar-refractivity contribution < 1.29 is 18.0 Å². The van der Waals surface area contributed by atoms with Gasteiger partial charge in [0.1, 0.15) is 5.69 Å². The van der Waals surface area contributed by atoms with Crippen LogP contribution in [0.4, 0.5) is 13.2 Å². The number of hydrogen-bond acceptors (Lipinski definition) is 4. The fourth-order valence-electron chi connectivity index (χ4n) is 5.43. The Kier molecular flexibility index (Phi) is 4.98. The van der Waals surface area contributed by atoms with Crippen LogP contribution in [0.3, 0.4) is 0 Å². The summed E-state index contributed by atoms with van der Waals surface area (Å²) in [7, 11) is 1.69. The van der Waals surface area contributed by atoms with E-state index in [-0.39, 0.29) is 23.6 Å². The Hall–Kier alpha value is -3.95. The number of halogens is 3. The monoisotopic (exact) mass is 478 g/mol. The molecule has 1 fully saturated rings. The molecule has 2 bridgehead atoms. The maximum Gasteiger partial charge on any atom is 0.273 e.